The summed E-state index contributed by atoms with van der Waals surface area (Å²) in [5.74, 6) is -1.03. The predicted molar refractivity (Wildman–Crippen MR) is 83.1 cm³/mol. The normalized spacial score (nSPS) is 14.7. The van der Waals surface area contributed by atoms with Crippen molar-refractivity contribution in [3.63, 3.8) is 0 Å². The van der Waals surface area contributed by atoms with Gasteiger partial charge < -0.3 is 14.8 Å². The van der Waals surface area contributed by atoms with Gasteiger partial charge in [0.1, 0.15) is 12.9 Å². The molecule has 0 spiro atoms. The molecule has 0 aromatic heterocycles. The van der Waals surface area contributed by atoms with Crippen molar-refractivity contribution in [2.45, 2.75) is 33.4 Å². The third-order valence-electron chi connectivity index (χ3n) is 3.74. The number of ketones is 1. The zero-order valence-electron chi connectivity index (χ0n) is 13.2. The van der Waals surface area contributed by atoms with Crippen LogP contribution in [0.5, 0.6) is 0 Å². The standard InChI is InChI=1S/C17H23NO4/c1-12(16(9-19)18-14(3)20)13(2)17(21)11-22-10-15-7-5-4-6-8-15/h4-9,12-13,16H,10-11H2,1-3H3,(H,18,20). The van der Waals surface area contributed by atoms with E-state index in [1.807, 2.05) is 30.3 Å². The van der Waals surface area contributed by atoms with Crippen molar-refractivity contribution in [2.75, 3.05) is 6.61 Å². The molecule has 0 saturated heterocycles. The summed E-state index contributed by atoms with van der Waals surface area (Å²) in [5.41, 5.74) is 1.00. The number of rotatable bonds is 9. The van der Waals surface area contributed by atoms with E-state index in [-0.39, 0.29) is 30.1 Å². The van der Waals surface area contributed by atoms with Crippen LogP contribution in [-0.2, 0) is 25.7 Å². The van der Waals surface area contributed by atoms with Crippen LogP contribution in [0, 0.1) is 11.8 Å². The first-order valence-electron chi connectivity index (χ1n) is 7.32. The Bertz CT molecular complexity index is 501. The highest BCUT2D eigenvalue weighted by molar-refractivity contribution is 5.83. The number of benzene rings is 1. The molecule has 22 heavy (non-hydrogen) atoms. The van der Waals surface area contributed by atoms with Gasteiger partial charge in [-0.05, 0) is 11.5 Å². The lowest BCUT2D eigenvalue weighted by molar-refractivity contribution is -0.130. The summed E-state index contributed by atoms with van der Waals surface area (Å²) in [6, 6.07) is 8.93. The molecule has 1 N–H and O–H groups in total. The quantitative estimate of drug-likeness (QED) is 0.705. The summed E-state index contributed by atoms with van der Waals surface area (Å²) in [5, 5.41) is 2.55. The monoisotopic (exact) mass is 305 g/mol. The van der Waals surface area contributed by atoms with Gasteiger partial charge in [-0.1, -0.05) is 44.2 Å². The van der Waals surface area contributed by atoms with E-state index in [2.05, 4.69) is 5.32 Å². The number of nitrogens with one attached hydrogen (secondary N) is 1. The molecule has 0 fully saturated rings. The van der Waals surface area contributed by atoms with Crippen molar-refractivity contribution in [3.8, 4) is 0 Å². The molecule has 0 aliphatic rings. The van der Waals surface area contributed by atoms with E-state index in [9.17, 15) is 14.4 Å². The first kappa shape index (κ1) is 18.0. The molecule has 1 aromatic carbocycles. The molecule has 0 aliphatic carbocycles. The van der Waals surface area contributed by atoms with Crippen LogP contribution in [0.3, 0.4) is 0 Å². The Labute approximate surface area is 131 Å². The fourth-order valence-corrected chi connectivity index (χ4v) is 2.10. The second-order valence-corrected chi connectivity index (χ2v) is 5.45. The van der Waals surface area contributed by atoms with Crippen LogP contribution in [0.1, 0.15) is 26.3 Å². The van der Waals surface area contributed by atoms with Crippen molar-refractivity contribution in [1.82, 2.24) is 5.32 Å². The molecule has 1 amide bonds. The van der Waals surface area contributed by atoms with E-state index in [0.29, 0.717) is 12.9 Å². The maximum absolute atomic E-state index is 12.1. The predicted octanol–water partition coefficient (Wildman–Crippen LogP) is 1.75. The van der Waals surface area contributed by atoms with E-state index in [1.54, 1.807) is 13.8 Å². The van der Waals surface area contributed by atoms with Gasteiger partial charge in [0.15, 0.2) is 5.78 Å². The number of carbonyl (C=O) groups excluding carboxylic acids is 3. The molecule has 120 valence electrons. The van der Waals surface area contributed by atoms with Gasteiger partial charge in [0, 0.05) is 12.8 Å². The van der Waals surface area contributed by atoms with Crippen LogP contribution < -0.4 is 5.32 Å². The third-order valence-corrected chi connectivity index (χ3v) is 3.74. The Morgan fingerprint density at radius 3 is 2.41 bits per heavy atom. The Balaban J connectivity index is 2.46. The zero-order chi connectivity index (χ0) is 16.5. The number of Topliss-reactive ketones (excluding diaryl/α,β-unsaturated/α-hetero) is 1. The minimum Gasteiger partial charge on any atom is -0.369 e. The number of amides is 1. The van der Waals surface area contributed by atoms with Crippen molar-refractivity contribution >= 4 is 18.0 Å². The van der Waals surface area contributed by atoms with Crippen LogP contribution in [0.15, 0.2) is 30.3 Å². The maximum Gasteiger partial charge on any atom is 0.217 e. The number of ether oxygens (including phenoxy) is 1. The third kappa shape index (κ3) is 5.77. The smallest absolute Gasteiger partial charge is 0.217 e. The van der Waals surface area contributed by atoms with Crippen LogP contribution in [0.4, 0.5) is 0 Å². The molecule has 0 radical (unpaired) electrons. The largest absolute Gasteiger partial charge is 0.369 e. The molecule has 5 heteroatoms. The molecular weight excluding hydrogens is 282 g/mol. The molecule has 1 aromatic rings. The average molecular weight is 305 g/mol. The lowest BCUT2D eigenvalue weighted by atomic mass is 9.86. The lowest BCUT2D eigenvalue weighted by Crippen LogP contribution is -2.43. The highest BCUT2D eigenvalue weighted by Crippen LogP contribution is 2.16. The van der Waals surface area contributed by atoms with Gasteiger partial charge in [-0.25, -0.2) is 0 Å². The zero-order valence-corrected chi connectivity index (χ0v) is 13.2. The fraction of sp³-hybridized carbons (Fsp3) is 0.471. The SMILES string of the molecule is CC(=O)NC(C=O)C(C)C(C)C(=O)COCc1ccccc1. The van der Waals surface area contributed by atoms with Crippen molar-refractivity contribution < 1.29 is 19.1 Å². The Hall–Kier alpha value is -2.01. The summed E-state index contributed by atoms with van der Waals surface area (Å²) in [6.07, 6.45) is 0.667. The molecule has 0 saturated carbocycles. The minimum atomic E-state index is -0.662. The van der Waals surface area contributed by atoms with Gasteiger partial charge >= 0.3 is 0 Å². The highest BCUT2D eigenvalue weighted by Gasteiger charge is 2.27. The van der Waals surface area contributed by atoms with Crippen LogP contribution >= 0.6 is 0 Å². The van der Waals surface area contributed by atoms with E-state index >= 15 is 0 Å². The van der Waals surface area contributed by atoms with Crippen LogP contribution in [0.2, 0.25) is 0 Å². The van der Waals surface area contributed by atoms with E-state index in [4.69, 9.17) is 4.74 Å². The summed E-state index contributed by atoms with van der Waals surface area (Å²) in [7, 11) is 0. The van der Waals surface area contributed by atoms with Gasteiger partial charge in [-0.3, -0.25) is 9.59 Å². The summed E-state index contributed by atoms with van der Waals surface area (Å²) >= 11 is 0. The Kier molecular flexibility index (Phi) is 7.46. The number of carbonyl (C=O) groups is 3. The summed E-state index contributed by atoms with van der Waals surface area (Å²) in [4.78, 5) is 34.2. The molecule has 0 aliphatic heterocycles. The number of hydrogen-bond donors (Lipinski definition) is 1. The van der Waals surface area contributed by atoms with Gasteiger partial charge in [0.2, 0.25) is 5.91 Å². The van der Waals surface area contributed by atoms with Gasteiger partial charge in [-0.15, -0.1) is 0 Å². The topological polar surface area (TPSA) is 72.5 Å². The minimum absolute atomic E-state index is 0.00789. The molecule has 3 unspecified atom stereocenters. The van der Waals surface area contributed by atoms with Gasteiger partial charge in [0.25, 0.3) is 0 Å². The number of aldehydes is 1. The molecule has 3 atom stereocenters. The number of hydrogen-bond acceptors (Lipinski definition) is 4. The molecule has 5 nitrogen and oxygen atoms in total. The summed E-state index contributed by atoms with van der Waals surface area (Å²) < 4.78 is 5.42. The highest BCUT2D eigenvalue weighted by atomic mass is 16.5. The average Bonchev–Trinajstić information content (AvgIpc) is 2.51. The van der Waals surface area contributed by atoms with E-state index in [0.717, 1.165) is 5.56 Å². The molecular formula is C17H23NO4. The van der Waals surface area contributed by atoms with Crippen molar-refractivity contribution in [1.29, 1.82) is 0 Å². The van der Waals surface area contributed by atoms with Crippen molar-refractivity contribution in [2.24, 2.45) is 11.8 Å². The van der Waals surface area contributed by atoms with Crippen molar-refractivity contribution in [3.05, 3.63) is 35.9 Å². The Morgan fingerprint density at radius 2 is 1.86 bits per heavy atom. The van der Waals surface area contributed by atoms with E-state index in [1.165, 1.54) is 6.92 Å². The van der Waals surface area contributed by atoms with Crippen LogP contribution in [-0.4, -0.2) is 30.6 Å². The molecule has 0 heterocycles. The summed E-state index contributed by atoms with van der Waals surface area (Å²) in [6.45, 7) is 5.23. The fourth-order valence-electron chi connectivity index (χ4n) is 2.10. The maximum atomic E-state index is 12.1. The van der Waals surface area contributed by atoms with Gasteiger partial charge in [0.05, 0.1) is 12.6 Å². The Morgan fingerprint density at radius 1 is 1.23 bits per heavy atom. The molecule has 1 rings (SSSR count). The second kappa shape index (κ2) is 9.10. The van der Waals surface area contributed by atoms with Crippen LogP contribution in [0.25, 0.3) is 0 Å². The molecule has 0 bridgehead atoms. The van der Waals surface area contributed by atoms with E-state index < -0.39 is 6.04 Å². The lowest BCUT2D eigenvalue weighted by Gasteiger charge is -2.24. The second-order valence-electron chi connectivity index (χ2n) is 5.45. The first-order valence-corrected chi connectivity index (χ1v) is 7.32. The first-order chi connectivity index (χ1) is 10.5. The van der Waals surface area contributed by atoms with Gasteiger partial charge in [-0.2, -0.15) is 0 Å².